The fourth-order valence-electron chi connectivity index (χ4n) is 2.49. The van der Waals surface area contributed by atoms with Gasteiger partial charge in [0.1, 0.15) is 0 Å². The number of piperidine rings is 1. The number of carbonyl (C=O) groups excluding carboxylic acids is 1. The van der Waals surface area contributed by atoms with Gasteiger partial charge in [-0.1, -0.05) is 6.07 Å². The average molecular weight is 268 g/mol. The number of rotatable bonds is 3. The molecule has 1 saturated heterocycles. The minimum atomic E-state index is -1.06. The maximum Gasteiger partial charge on any atom is 0.257 e. The second-order valence-corrected chi connectivity index (χ2v) is 4.69. The van der Waals surface area contributed by atoms with Gasteiger partial charge in [-0.15, -0.1) is 0 Å². The number of nitrogens with one attached hydrogen (secondary N) is 1. The second-order valence-electron chi connectivity index (χ2n) is 4.69. The van der Waals surface area contributed by atoms with Gasteiger partial charge in [-0.2, -0.15) is 0 Å². The predicted molar refractivity (Wildman–Crippen MR) is 69.0 cm³/mol. The first-order chi connectivity index (χ1) is 9.15. The molecule has 1 aliphatic rings. The van der Waals surface area contributed by atoms with Crippen LogP contribution in [-0.2, 0) is 0 Å². The van der Waals surface area contributed by atoms with Gasteiger partial charge in [0.15, 0.2) is 11.6 Å². The van der Waals surface area contributed by atoms with Gasteiger partial charge in [0.25, 0.3) is 5.91 Å². The summed E-state index contributed by atoms with van der Waals surface area (Å²) >= 11 is 0. The highest BCUT2D eigenvalue weighted by Crippen LogP contribution is 2.18. The van der Waals surface area contributed by atoms with Crippen LogP contribution in [-0.4, -0.2) is 36.5 Å². The highest BCUT2D eigenvalue weighted by molar-refractivity contribution is 5.94. The van der Waals surface area contributed by atoms with Gasteiger partial charge >= 0.3 is 0 Å². The van der Waals surface area contributed by atoms with Crippen molar-refractivity contribution in [2.24, 2.45) is 0 Å². The monoisotopic (exact) mass is 268 g/mol. The zero-order valence-corrected chi connectivity index (χ0v) is 11.0. The minimum Gasteiger partial charge on any atom is -0.335 e. The van der Waals surface area contributed by atoms with E-state index in [0.29, 0.717) is 13.1 Å². The second kappa shape index (κ2) is 6.10. The fraction of sp³-hybridized carbons (Fsp3) is 0.500. The molecule has 0 radical (unpaired) electrons. The molecule has 0 aromatic heterocycles. The molecule has 104 valence electrons. The van der Waals surface area contributed by atoms with Gasteiger partial charge in [-0.05, 0) is 38.4 Å². The third kappa shape index (κ3) is 2.92. The lowest BCUT2D eigenvalue weighted by atomic mass is 10.0. The molecule has 0 bridgehead atoms. The highest BCUT2D eigenvalue weighted by Gasteiger charge is 2.27. The molecule has 5 heteroatoms. The molecule has 1 aromatic rings. The molecule has 0 aliphatic carbocycles. The van der Waals surface area contributed by atoms with Crippen LogP contribution < -0.4 is 5.32 Å². The molecule has 0 spiro atoms. The minimum absolute atomic E-state index is 0.0499. The van der Waals surface area contributed by atoms with E-state index >= 15 is 0 Å². The van der Waals surface area contributed by atoms with Crippen LogP contribution in [0.25, 0.3) is 0 Å². The quantitative estimate of drug-likeness (QED) is 0.911. The molecule has 1 amide bonds. The Balaban J connectivity index is 2.22. The van der Waals surface area contributed by atoms with Crippen molar-refractivity contribution >= 4 is 5.91 Å². The van der Waals surface area contributed by atoms with E-state index in [4.69, 9.17) is 0 Å². The van der Waals surface area contributed by atoms with Gasteiger partial charge in [-0.25, -0.2) is 8.78 Å². The molecule has 1 unspecified atom stereocenters. The van der Waals surface area contributed by atoms with Crippen molar-refractivity contribution in [2.75, 3.05) is 19.6 Å². The summed E-state index contributed by atoms with van der Waals surface area (Å²) in [5, 5.41) is 3.22. The Labute approximate surface area is 111 Å². The number of halogens is 2. The third-order valence-corrected chi connectivity index (χ3v) is 3.50. The Kier molecular flexibility index (Phi) is 4.47. The van der Waals surface area contributed by atoms with Crippen LogP contribution in [0.1, 0.15) is 30.1 Å². The summed E-state index contributed by atoms with van der Waals surface area (Å²) in [6, 6.07) is 3.76. The molecule has 0 saturated carbocycles. The Morgan fingerprint density at radius 3 is 2.89 bits per heavy atom. The summed E-state index contributed by atoms with van der Waals surface area (Å²) in [6.45, 7) is 3.98. The lowest BCUT2D eigenvalue weighted by molar-refractivity contribution is 0.0656. The van der Waals surface area contributed by atoms with E-state index in [1.54, 1.807) is 4.90 Å². The van der Waals surface area contributed by atoms with Crippen LogP contribution in [0.4, 0.5) is 8.78 Å². The maximum atomic E-state index is 13.7. The normalized spacial score (nSPS) is 19.2. The third-order valence-electron chi connectivity index (χ3n) is 3.50. The van der Waals surface area contributed by atoms with Crippen LogP contribution in [0, 0.1) is 11.6 Å². The molecular formula is C14H18F2N2O. The molecular weight excluding hydrogens is 250 g/mol. The number of amides is 1. The number of hydrogen-bond acceptors (Lipinski definition) is 2. The van der Waals surface area contributed by atoms with Crippen molar-refractivity contribution in [1.29, 1.82) is 0 Å². The first kappa shape index (κ1) is 13.9. The van der Waals surface area contributed by atoms with Crippen LogP contribution in [0.3, 0.4) is 0 Å². The highest BCUT2D eigenvalue weighted by atomic mass is 19.2. The van der Waals surface area contributed by atoms with Gasteiger partial charge < -0.3 is 10.2 Å². The Morgan fingerprint density at radius 1 is 1.47 bits per heavy atom. The summed E-state index contributed by atoms with van der Waals surface area (Å²) in [5.41, 5.74) is -0.188. The molecule has 1 N–H and O–H groups in total. The van der Waals surface area contributed by atoms with Crippen LogP contribution in [0.15, 0.2) is 18.2 Å². The largest absolute Gasteiger partial charge is 0.335 e. The van der Waals surface area contributed by atoms with Crippen molar-refractivity contribution in [3.8, 4) is 0 Å². The van der Waals surface area contributed by atoms with E-state index in [1.807, 2.05) is 6.92 Å². The summed E-state index contributed by atoms with van der Waals surface area (Å²) < 4.78 is 26.9. The Hall–Kier alpha value is -1.49. The molecule has 1 fully saturated rings. The van der Waals surface area contributed by atoms with Gasteiger partial charge in [0.2, 0.25) is 0 Å². The summed E-state index contributed by atoms with van der Waals surface area (Å²) in [6.07, 6.45) is 1.88. The van der Waals surface area contributed by atoms with Crippen molar-refractivity contribution < 1.29 is 13.6 Å². The predicted octanol–water partition coefficient (Wildman–Crippen LogP) is 2.18. The summed E-state index contributed by atoms with van der Waals surface area (Å²) in [4.78, 5) is 14.0. The lowest BCUT2D eigenvalue weighted by Gasteiger charge is -2.34. The first-order valence-electron chi connectivity index (χ1n) is 6.60. The Morgan fingerprint density at radius 2 is 2.26 bits per heavy atom. The van der Waals surface area contributed by atoms with Crippen molar-refractivity contribution in [2.45, 2.75) is 25.8 Å². The van der Waals surface area contributed by atoms with Gasteiger partial charge in [0.05, 0.1) is 5.56 Å². The number of carbonyl (C=O) groups is 1. The lowest BCUT2D eigenvalue weighted by Crippen LogP contribution is -2.48. The van der Waals surface area contributed by atoms with E-state index in [0.717, 1.165) is 25.5 Å². The van der Waals surface area contributed by atoms with Crippen molar-refractivity contribution in [3.05, 3.63) is 35.4 Å². The van der Waals surface area contributed by atoms with E-state index in [2.05, 4.69) is 5.32 Å². The number of nitrogens with zero attached hydrogens (tertiary/aromatic N) is 1. The number of benzene rings is 1. The van der Waals surface area contributed by atoms with E-state index in [1.165, 1.54) is 12.1 Å². The van der Waals surface area contributed by atoms with Gasteiger partial charge in [0, 0.05) is 19.1 Å². The van der Waals surface area contributed by atoms with E-state index in [9.17, 15) is 13.6 Å². The zero-order valence-electron chi connectivity index (χ0n) is 11.0. The number of likely N-dealkylation sites (N-methyl/N-ethyl adjacent to an activating group) is 1. The van der Waals surface area contributed by atoms with Gasteiger partial charge in [-0.3, -0.25) is 4.79 Å². The molecule has 1 heterocycles. The SMILES string of the molecule is CCN(C(=O)c1cccc(F)c1F)C1CCCNC1. The summed E-state index contributed by atoms with van der Waals surface area (Å²) in [7, 11) is 0. The van der Waals surface area contributed by atoms with Crippen molar-refractivity contribution in [1.82, 2.24) is 10.2 Å². The Bertz CT molecular complexity index is 459. The standard InChI is InChI=1S/C14H18F2N2O/c1-2-18(10-5-4-8-17-9-10)14(19)11-6-3-7-12(15)13(11)16/h3,6-7,10,17H,2,4-5,8-9H2,1H3. The molecule has 2 rings (SSSR count). The molecule has 19 heavy (non-hydrogen) atoms. The van der Waals surface area contributed by atoms with Crippen LogP contribution in [0.2, 0.25) is 0 Å². The zero-order chi connectivity index (χ0) is 13.8. The van der Waals surface area contributed by atoms with Crippen LogP contribution >= 0.6 is 0 Å². The number of hydrogen-bond donors (Lipinski definition) is 1. The summed E-state index contributed by atoms with van der Waals surface area (Å²) in [5.74, 6) is -2.48. The van der Waals surface area contributed by atoms with E-state index in [-0.39, 0.29) is 11.6 Å². The average Bonchev–Trinajstić information content (AvgIpc) is 2.44. The van der Waals surface area contributed by atoms with Crippen molar-refractivity contribution in [3.63, 3.8) is 0 Å². The van der Waals surface area contributed by atoms with E-state index < -0.39 is 17.5 Å². The molecule has 1 atom stereocenters. The topological polar surface area (TPSA) is 32.3 Å². The first-order valence-corrected chi connectivity index (χ1v) is 6.60. The fourth-order valence-corrected chi connectivity index (χ4v) is 2.49. The smallest absolute Gasteiger partial charge is 0.257 e. The van der Waals surface area contributed by atoms with Crippen LogP contribution in [0.5, 0.6) is 0 Å². The maximum absolute atomic E-state index is 13.7. The molecule has 3 nitrogen and oxygen atoms in total. The molecule has 1 aliphatic heterocycles. The molecule has 1 aromatic carbocycles.